The number of hydrogen-bond acceptors (Lipinski definition) is 11. The van der Waals surface area contributed by atoms with Gasteiger partial charge in [0.1, 0.15) is 11.8 Å². The smallest absolute Gasteiger partial charge is 0.493 e. The highest BCUT2D eigenvalue weighted by Crippen LogP contribution is 2.34. The van der Waals surface area contributed by atoms with Gasteiger partial charge in [0.2, 0.25) is 12.0 Å². The maximum absolute atomic E-state index is 13.5. The number of rotatable bonds is 10. The minimum Gasteiger partial charge on any atom is -0.493 e. The minimum absolute atomic E-state index is 0.0136. The molecule has 0 saturated heterocycles. The number of carbonyl (C=O) groups is 3. The molecule has 0 saturated carbocycles. The van der Waals surface area contributed by atoms with Gasteiger partial charge in [-0.3, -0.25) is 4.79 Å². The molecule has 1 aromatic heterocycles. The predicted octanol–water partition coefficient (Wildman–Crippen LogP) is 3.58. The van der Waals surface area contributed by atoms with Gasteiger partial charge < -0.3 is 34.5 Å². The molecule has 0 spiro atoms. The summed E-state index contributed by atoms with van der Waals surface area (Å²) in [6.45, 7) is 8.18. The highest BCUT2D eigenvalue weighted by molar-refractivity contribution is 6.12. The Balaban J connectivity index is 2.60. The molecular formula is C22H30N4O9. The summed E-state index contributed by atoms with van der Waals surface area (Å²) in [5.41, 5.74) is 5.81. The Morgan fingerprint density at radius 1 is 0.943 bits per heavy atom. The van der Waals surface area contributed by atoms with Crippen LogP contribution in [0, 0.1) is 5.92 Å². The van der Waals surface area contributed by atoms with E-state index in [4.69, 9.17) is 34.5 Å². The largest absolute Gasteiger partial charge is 0.510 e. The summed E-state index contributed by atoms with van der Waals surface area (Å²) >= 11 is 0. The van der Waals surface area contributed by atoms with Crippen molar-refractivity contribution >= 4 is 23.8 Å². The molecule has 35 heavy (non-hydrogen) atoms. The summed E-state index contributed by atoms with van der Waals surface area (Å²) in [6.07, 6.45) is -5.21. The number of aromatic nitrogens is 3. The van der Waals surface area contributed by atoms with E-state index in [-0.39, 0.29) is 34.3 Å². The molecule has 0 aliphatic carbocycles. The summed E-state index contributed by atoms with van der Waals surface area (Å²) in [4.78, 5) is 37.8. The lowest BCUT2D eigenvalue weighted by Gasteiger charge is -2.20. The molecule has 0 aliphatic heterocycles. The van der Waals surface area contributed by atoms with E-state index in [1.165, 1.54) is 33.3 Å². The van der Waals surface area contributed by atoms with Crippen LogP contribution >= 0.6 is 0 Å². The summed E-state index contributed by atoms with van der Waals surface area (Å²) in [7, 11) is 2.82. The quantitative estimate of drug-likeness (QED) is 0.279. The van der Waals surface area contributed by atoms with Crippen molar-refractivity contribution in [3.05, 3.63) is 29.1 Å². The van der Waals surface area contributed by atoms with Crippen LogP contribution in [0.3, 0.4) is 0 Å². The molecule has 0 amide bonds. The zero-order valence-electron chi connectivity index (χ0n) is 20.6. The molecule has 13 nitrogen and oxygen atoms in total. The van der Waals surface area contributed by atoms with Crippen LogP contribution in [0.4, 0.5) is 15.3 Å². The SMILES string of the molecule is COc1cc(N)c(C(=O)c2nn(C(OC(=O)OC(C)C)C(C)C)nc2C(C)OC(=O)O)cc1OC. The van der Waals surface area contributed by atoms with Gasteiger partial charge in [-0.1, -0.05) is 13.8 Å². The first kappa shape index (κ1) is 27.2. The summed E-state index contributed by atoms with van der Waals surface area (Å²) in [6, 6.07) is 2.79. The number of anilines is 1. The van der Waals surface area contributed by atoms with Crippen molar-refractivity contribution in [3.8, 4) is 11.5 Å². The molecule has 2 rings (SSSR count). The van der Waals surface area contributed by atoms with Gasteiger partial charge in [-0.2, -0.15) is 0 Å². The number of carbonyl (C=O) groups excluding carboxylic acids is 2. The van der Waals surface area contributed by atoms with E-state index in [0.717, 1.165) is 4.80 Å². The summed E-state index contributed by atoms with van der Waals surface area (Å²) in [5, 5.41) is 17.5. The van der Waals surface area contributed by atoms with Crippen molar-refractivity contribution in [1.82, 2.24) is 15.0 Å². The minimum atomic E-state index is -1.58. The van der Waals surface area contributed by atoms with Crippen LogP contribution in [-0.2, 0) is 14.2 Å². The molecule has 0 radical (unpaired) electrons. The standard InChI is InChI=1S/C22H30N4O9/c1-10(2)20(35-22(30)33-11(3)4)26-24-17(12(5)34-21(28)29)18(25-26)19(27)13-8-15(31-6)16(32-7)9-14(13)23/h8-12,20H,23H2,1-7H3,(H,28,29). The van der Waals surface area contributed by atoms with Gasteiger partial charge in [0, 0.05) is 17.7 Å². The molecule has 192 valence electrons. The Kier molecular flexibility index (Phi) is 8.87. The lowest BCUT2D eigenvalue weighted by molar-refractivity contribution is -0.0471. The van der Waals surface area contributed by atoms with E-state index in [9.17, 15) is 14.4 Å². The third kappa shape index (κ3) is 6.52. The average Bonchev–Trinajstić information content (AvgIpc) is 3.20. The number of nitrogens with zero attached hydrogens (tertiary/aromatic N) is 3. The number of ketones is 1. The van der Waals surface area contributed by atoms with Crippen molar-refractivity contribution in [1.29, 1.82) is 0 Å². The lowest BCUT2D eigenvalue weighted by atomic mass is 10.0. The van der Waals surface area contributed by atoms with Crippen molar-refractivity contribution in [3.63, 3.8) is 0 Å². The average molecular weight is 495 g/mol. The van der Waals surface area contributed by atoms with Gasteiger partial charge in [-0.25, -0.2) is 9.59 Å². The second-order valence-electron chi connectivity index (χ2n) is 8.07. The van der Waals surface area contributed by atoms with E-state index >= 15 is 0 Å². The van der Waals surface area contributed by atoms with E-state index in [1.807, 2.05) is 0 Å². The Morgan fingerprint density at radius 2 is 1.54 bits per heavy atom. The van der Waals surface area contributed by atoms with E-state index < -0.39 is 36.5 Å². The molecule has 2 atom stereocenters. The number of nitrogens with two attached hydrogens (primary N) is 1. The van der Waals surface area contributed by atoms with E-state index in [2.05, 4.69) is 10.2 Å². The zero-order valence-corrected chi connectivity index (χ0v) is 20.6. The van der Waals surface area contributed by atoms with Gasteiger partial charge in [-0.05, 0) is 26.8 Å². The number of hydrogen-bond donors (Lipinski definition) is 2. The molecule has 2 unspecified atom stereocenters. The topological polar surface area (TPSA) is 174 Å². The first-order chi connectivity index (χ1) is 16.4. The Morgan fingerprint density at radius 3 is 2.06 bits per heavy atom. The zero-order chi connectivity index (χ0) is 26.4. The maximum Gasteiger partial charge on any atom is 0.510 e. The molecule has 0 aliphatic rings. The van der Waals surface area contributed by atoms with Crippen LogP contribution in [0.1, 0.15) is 68.7 Å². The number of ether oxygens (including phenoxy) is 5. The number of methoxy groups -OCH3 is 2. The molecule has 1 heterocycles. The molecule has 0 fully saturated rings. The lowest BCUT2D eigenvalue weighted by Crippen LogP contribution is -2.26. The van der Waals surface area contributed by atoms with Gasteiger partial charge in [-0.15, -0.1) is 15.0 Å². The number of nitrogen functional groups attached to an aromatic ring is 1. The van der Waals surface area contributed by atoms with Gasteiger partial charge in [0.25, 0.3) is 0 Å². The first-order valence-corrected chi connectivity index (χ1v) is 10.7. The Hall–Kier alpha value is -4.03. The van der Waals surface area contributed by atoms with Gasteiger partial charge in [0.15, 0.2) is 17.2 Å². The highest BCUT2D eigenvalue weighted by Gasteiger charge is 2.32. The molecule has 1 aromatic carbocycles. The monoisotopic (exact) mass is 494 g/mol. The molecular weight excluding hydrogens is 464 g/mol. The maximum atomic E-state index is 13.5. The second kappa shape index (κ2) is 11.4. The summed E-state index contributed by atoms with van der Waals surface area (Å²) < 4.78 is 25.6. The van der Waals surface area contributed by atoms with Crippen LogP contribution in [0.5, 0.6) is 11.5 Å². The molecule has 13 heteroatoms. The summed E-state index contributed by atoms with van der Waals surface area (Å²) in [5.74, 6) is -0.476. The van der Waals surface area contributed by atoms with Crippen LogP contribution in [0.2, 0.25) is 0 Å². The molecule has 0 bridgehead atoms. The van der Waals surface area contributed by atoms with Gasteiger partial charge >= 0.3 is 12.3 Å². The van der Waals surface area contributed by atoms with Crippen LogP contribution < -0.4 is 15.2 Å². The Bertz CT molecular complexity index is 1080. The van der Waals surface area contributed by atoms with E-state index in [0.29, 0.717) is 5.75 Å². The highest BCUT2D eigenvalue weighted by atomic mass is 16.7. The van der Waals surface area contributed by atoms with Gasteiger partial charge in [0.05, 0.1) is 25.9 Å². The molecule has 3 N–H and O–H groups in total. The number of carboxylic acid groups (broad SMARTS) is 1. The van der Waals surface area contributed by atoms with E-state index in [1.54, 1.807) is 27.7 Å². The normalized spacial score (nSPS) is 12.7. The second-order valence-corrected chi connectivity index (χ2v) is 8.07. The fraction of sp³-hybridized carbons (Fsp3) is 0.500. The van der Waals surface area contributed by atoms with Crippen LogP contribution in [-0.4, -0.2) is 58.5 Å². The fourth-order valence-electron chi connectivity index (χ4n) is 3.08. The van der Waals surface area contributed by atoms with Crippen LogP contribution in [0.15, 0.2) is 12.1 Å². The Labute approximate surface area is 202 Å². The third-order valence-electron chi connectivity index (χ3n) is 4.68. The molecule has 2 aromatic rings. The number of benzene rings is 1. The van der Waals surface area contributed by atoms with Crippen molar-refractivity contribution in [2.24, 2.45) is 5.92 Å². The fourth-order valence-corrected chi connectivity index (χ4v) is 3.08. The van der Waals surface area contributed by atoms with Crippen LogP contribution in [0.25, 0.3) is 0 Å². The third-order valence-corrected chi connectivity index (χ3v) is 4.68. The van der Waals surface area contributed by atoms with Crippen molar-refractivity contribution in [2.45, 2.75) is 53.1 Å². The van der Waals surface area contributed by atoms with Crippen molar-refractivity contribution < 1.29 is 43.2 Å². The predicted molar refractivity (Wildman–Crippen MR) is 122 cm³/mol. The van der Waals surface area contributed by atoms with Crippen molar-refractivity contribution in [2.75, 3.05) is 20.0 Å². The first-order valence-electron chi connectivity index (χ1n) is 10.7.